The molecule has 0 spiro atoms. The van der Waals surface area contributed by atoms with Crippen molar-refractivity contribution in [2.24, 2.45) is 5.92 Å². The molecule has 0 saturated carbocycles. The zero-order valence-corrected chi connectivity index (χ0v) is 10.6. The average molecular weight is 264 g/mol. The first-order chi connectivity index (χ1) is 8.97. The second kappa shape index (κ2) is 5.17. The second-order valence-electron chi connectivity index (χ2n) is 4.81. The van der Waals surface area contributed by atoms with Crippen molar-refractivity contribution in [2.45, 2.75) is 13.3 Å². The number of urea groups is 1. The number of hydrogen-bond acceptors (Lipinski definition) is 3. The van der Waals surface area contributed by atoms with Crippen LogP contribution in [0, 0.1) is 5.92 Å². The van der Waals surface area contributed by atoms with Crippen LogP contribution in [0.4, 0.5) is 10.5 Å². The summed E-state index contributed by atoms with van der Waals surface area (Å²) in [6.07, 6.45) is 0.983. The summed E-state index contributed by atoms with van der Waals surface area (Å²) in [5, 5.41) is 21.0. The van der Waals surface area contributed by atoms with E-state index in [2.05, 4.69) is 12.2 Å². The van der Waals surface area contributed by atoms with Crippen molar-refractivity contribution < 1.29 is 19.8 Å². The average Bonchev–Trinajstić information content (AvgIpc) is 2.75. The van der Waals surface area contributed by atoms with E-state index in [1.165, 1.54) is 18.2 Å². The molecule has 19 heavy (non-hydrogen) atoms. The van der Waals surface area contributed by atoms with Crippen LogP contribution in [0.2, 0.25) is 0 Å². The number of likely N-dealkylation sites (tertiary alicyclic amines) is 1. The number of nitrogens with one attached hydrogen (secondary N) is 1. The highest BCUT2D eigenvalue weighted by atomic mass is 16.4. The first-order valence-corrected chi connectivity index (χ1v) is 6.09. The van der Waals surface area contributed by atoms with Gasteiger partial charge in [0.15, 0.2) is 0 Å². The predicted octanol–water partition coefficient (Wildman–Crippen LogP) is 1.96. The number of nitrogens with zero attached hydrogens (tertiary/aromatic N) is 1. The molecule has 0 bridgehead atoms. The smallest absolute Gasteiger partial charge is 0.339 e. The molecule has 2 amide bonds. The third kappa shape index (κ3) is 2.96. The lowest BCUT2D eigenvalue weighted by Crippen LogP contribution is -2.32. The van der Waals surface area contributed by atoms with Crippen LogP contribution in [0.5, 0.6) is 5.75 Å². The normalized spacial score (nSPS) is 18.4. The lowest BCUT2D eigenvalue weighted by molar-refractivity contribution is 0.0694. The molecule has 6 nitrogen and oxygen atoms in total. The lowest BCUT2D eigenvalue weighted by atomic mass is 10.2. The van der Waals surface area contributed by atoms with Crippen molar-refractivity contribution in [3.8, 4) is 5.75 Å². The number of anilines is 1. The Morgan fingerprint density at radius 3 is 2.68 bits per heavy atom. The molecule has 0 aromatic heterocycles. The Hall–Kier alpha value is -2.24. The molecule has 1 unspecified atom stereocenters. The summed E-state index contributed by atoms with van der Waals surface area (Å²) in [7, 11) is 0. The van der Waals surface area contributed by atoms with E-state index in [1.54, 1.807) is 4.90 Å². The van der Waals surface area contributed by atoms with Crippen LogP contribution in [-0.2, 0) is 0 Å². The highest BCUT2D eigenvalue weighted by molar-refractivity contribution is 5.94. The van der Waals surface area contributed by atoms with Gasteiger partial charge in [-0.05, 0) is 24.5 Å². The van der Waals surface area contributed by atoms with Crippen LogP contribution in [0.25, 0.3) is 0 Å². The van der Waals surface area contributed by atoms with Gasteiger partial charge in [0, 0.05) is 24.8 Å². The van der Waals surface area contributed by atoms with Gasteiger partial charge < -0.3 is 20.4 Å². The van der Waals surface area contributed by atoms with Crippen molar-refractivity contribution in [1.29, 1.82) is 0 Å². The first kappa shape index (κ1) is 13.2. The lowest BCUT2D eigenvalue weighted by Gasteiger charge is -2.17. The fourth-order valence-corrected chi connectivity index (χ4v) is 2.11. The van der Waals surface area contributed by atoms with Gasteiger partial charge in [-0.15, -0.1) is 0 Å². The van der Waals surface area contributed by atoms with Crippen molar-refractivity contribution in [3.05, 3.63) is 23.8 Å². The number of carbonyl (C=O) groups is 2. The minimum absolute atomic E-state index is 0.187. The van der Waals surface area contributed by atoms with E-state index in [0.29, 0.717) is 24.7 Å². The van der Waals surface area contributed by atoms with Gasteiger partial charge in [-0.1, -0.05) is 6.92 Å². The summed E-state index contributed by atoms with van der Waals surface area (Å²) >= 11 is 0. The van der Waals surface area contributed by atoms with Crippen molar-refractivity contribution in [2.75, 3.05) is 18.4 Å². The molecule has 2 rings (SSSR count). The monoisotopic (exact) mass is 264 g/mol. The zero-order valence-electron chi connectivity index (χ0n) is 10.6. The highest BCUT2D eigenvalue weighted by Crippen LogP contribution is 2.23. The quantitative estimate of drug-likeness (QED) is 0.761. The van der Waals surface area contributed by atoms with E-state index in [1.807, 2.05) is 0 Å². The number of phenols is 1. The Kier molecular flexibility index (Phi) is 3.59. The third-order valence-corrected chi connectivity index (χ3v) is 3.19. The molecule has 6 heteroatoms. The zero-order chi connectivity index (χ0) is 14.0. The Labute approximate surface area is 110 Å². The molecule has 1 aliphatic heterocycles. The predicted molar refractivity (Wildman–Crippen MR) is 69.4 cm³/mol. The van der Waals surface area contributed by atoms with E-state index < -0.39 is 5.97 Å². The maximum atomic E-state index is 11.9. The molecule has 1 heterocycles. The summed E-state index contributed by atoms with van der Waals surface area (Å²) in [6.45, 7) is 3.51. The Morgan fingerprint density at radius 2 is 2.16 bits per heavy atom. The number of aromatic carboxylic acids is 1. The van der Waals surface area contributed by atoms with Gasteiger partial charge in [-0.2, -0.15) is 0 Å². The first-order valence-electron chi connectivity index (χ1n) is 6.09. The maximum absolute atomic E-state index is 11.9. The fraction of sp³-hybridized carbons (Fsp3) is 0.385. The maximum Gasteiger partial charge on any atom is 0.339 e. The number of carbonyl (C=O) groups excluding carboxylic acids is 1. The molecule has 0 aliphatic carbocycles. The molecular weight excluding hydrogens is 248 g/mol. The number of carboxylic acid groups (broad SMARTS) is 1. The second-order valence-corrected chi connectivity index (χ2v) is 4.81. The Morgan fingerprint density at radius 1 is 1.42 bits per heavy atom. The summed E-state index contributed by atoms with van der Waals surface area (Å²) in [5.74, 6) is -1.07. The number of carboxylic acids is 1. The summed E-state index contributed by atoms with van der Waals surface area (Å²) in [4.78, 5) is 24.4. The molecule has 1 fully saturated rings. The van der Waals surface area contributed by atoms with Crippen molar-refractivity contribution in [3.63, 3.8) is 0 Å². The van der Waals surface area contributed by atoms with E-state index in [0.717, 1.165) is 6.42 Å². The van der Waals surface area contributed by atoms with Gasteiger partial charge in [0.05, 0.1) is 0 Å². The Bertz CT molecular complexity index is 515. The van der Waals surface area contributed by atoms with Crippen LogP contribution in [0.15, 0.2) is 18.2 Å². The third-order valence-electron chi connectivity index (χ3n) is 3.19. The summed E-state index contributed by atoms with van der Waals surface area (Å²) in [6, 6.07) is 3.73. The van der Waals surface area contributed by atoms with E-state index >= 15 is 0 Å². The minimum Gasteiger partial charge on any atom is -0.507 e. The van der Waals surface area contributed by atoms with E-state index in [4.69, 9.17) is 5.11 Å². The molecule has 3 N–H and O–H groups in total. The number of hydrogen-bond donors (Lipinski definition) is 3. The van der Waals surface area contributed by atoms with Gasteiger partial charge in [0.1, 0.15) is 11.3 Å². The molecular formula is C13H16N2O4. The van der Waals surface area contributed by atoms with Crippen LogP contribution in [0.1, 0.15) is 23.7 Å². The van der Waals surface area contributed by atoms with Gasteiger partial charge in [0.2, 0.25) is 0 Å². The van der Waals surface area contributed by atoms with E-state index in [-0.39, 0.29) is 17.3 Å². The largest absolute Gasteiger partial charge is 0.507 e. The molecule has 1 aromatic carbocycles. The highest BCUT2D eigenvalue weighted by Gasteiger charge is 2.23. The van der Waals surface area contributed by atoms with Gasteiger partial charge in [0.25, 0.3) is 0 Å². The van der Waals surface area contributed by atoms with Gasteiger partial charge in [-0.3, -0.25) is 0 Å². The van der Waals surface area contributed by atoms with Gasteiger partial charge in [-0.25, -0.2) is 9.59 Å². The summed E-state index contributed by atoms with van der Waals surface area (Å²) in [5.41, 5.74) is 0.194. The molecule has 1 aromatic rings. The van der Waals surface area contributed by atoms with Crippen molar-refractivity contribution in [1.82, 2.24) is 4.90 Å². The van der Waals surface area contributed by atoms with Crippen LogP contribution in [-0.4, -0.2) is 40.2 Å². The van der Waals surface area contributed by atoms with E-state index in [9.17, 15) is 14.7 Å². The molecule has 0 radical (unpaired) electrons. The standard InChI is InChI=1S/C13H16N2O4/c1-8-4-5-15(7-8)13(19)14-9-2-3-10(12(17)18)11(16)6-9/h2-3,6,8,16H,4-5,7H2,1H3,(H,14,19)(H,17,18). The number of rotatable bonds is 2. The van der Waals surface area contributed by atoms with Crippen LogP contribution >= 0.6 is 0 Å². The number of benzene rings is 1. The molecule has 1 saturated heterocycles. The topological polar surface area (TPSA) is 89.9 Å². The van der Waals surface area contributed by atoms with Crippen molar-refractivity contribution >= 4 is 17.7 Å². The SMILES string of the molecule is CC1CCN(C(=O)Nc2ccc(C(=O)O)c(O)c2)C1. The Balaban J connectivity index is 2.05. The number of aromatic hydroxyl groups is 1. The van der Waals surface area contributed by atoms with Gasteiger partial charge >= 0.3 is 12.0 Å². The molecule has 1 aliphatic rings. The van der Waals surface area contributed by atoms with Crippen LogP contribution < -0.4 is 5.32 Å². The fourth-order valence-electron chi connectivity index (χ4n) is 2.11. The number of amides is 2. The molecule has 1 atom stereocenters. The minimum atomic E-state index is -1.20. The van der Waals surface area contributed by atoms with Crippen LogP contribution in [0.3, 0.4) is 0 Å². The summed E-state index contributed by atoms with van der Waals surface area (Å²) < 4.78 is 0. The molecule has 102 valence electrons.